The minimum Gasteiger partial charge on any atom is -0.492 e. The van der Waals surface area contributed by atoms with E-state index in [2.05, 4.69) is 4.98 Å². The van der Waals surface area contributed by atoms with Crippen LogP contribution in [-0.2, 0) is 9.31 Å². The maximum absolute atomic E-state index is 14.2. The maximum atomic E-state index is 14.2. The molecule has 112 valence electrons. The van der Waals surface area contributed by atoms with E-state index in [9.17, 15) is 4.39 Å². The fraction of sp³-hybridized carbons (Fsp3) is 0.467. The van der Waals surface area contributed by atoms with Gasteiger partial charge in [-0.3, -0.25) is 0 Å². The van der Waals surface area contributed by atoms with Crippen LogP contribution in [-0.4, -0.2) is 30.4 Å². The quantitative estimate of drug-likeness (QED) is 0.865. The highest BCUT2D eigenvalue weighted by molar-refractivity contribution is 6.65. The van der Waals surface area contributed by atoms with Crippen molar-refractivity contribution in [2.75, 3.05) is 7.11 Å². The Hall–Kier alpha value is -1.53. The van der Waals surface area contributed by atoms with Gasteiger partial charge < -0.3 is 19.0 Å². The number of aromatic amines is 1. The van der Waals surface area contributed by atoms with E-state index in [0.717, 1.165) is 5.39 Å². The van der Waals surface area contributed by atoms with E-state index in [1.54, 1.807) is 6.20 Å². The first kappa shape index (κ1) is 14.4. The molecule has 1 aromatic heterocycles. The van der Waals surface area contributed by atoms with Crippen molar-refractivity contribution in [3.8, 4) is 5.75 Å². The lowest BCUT2D eigenvalue weighted by Crippen LogP contribution is -2.41. The van der Waals surface area contributed by atoms with Gasteiger partial charge >= 0.3 is 7.12 Å². The van der Waals surface area contributed by atoms with Crippen molar-refractivity contribution in [2.24, 2.45) is 0 Å². The van der Waals surface area contributed by atoms with Crippen LogP contribution in [0.15, 0.2) is 18.3 Å². The first-order valence-corrected chi connectivity index (χ1v) is 6.96. The number of halogens is 1. The number of hydrogen-bond acceptors (Lipinski definition) is 3. The Morgan fingerprint density at radius 2 is 1.81 bits per heavy atom. The second-order valence-electron chi connectivity index (χ2n) is 6.34. The zero-order valence-electron chi connectivity index (χ0n) is 12.9. The van der Waals surface area contributed by atoms with Gasteiger partial charge in [-0.1, -0.05) is 0 Å². The normalized spacial score (nSPS) is 20.2. The Kier molecular flexibility index (Phi) is 3.08. The van der Waals surface area contributed by atoms with Crippen LogP contribution in [0.5, 0.6) is 5.75 Å². The van der Waals surface area contributed by atoms with Gasteiger partial charge in [-0.25, -0.2) is 4.39 Å². The lowest BCUT2D eigenvalue weighted by molar-refractivity contribution is 0.00578. The molecule has 1 saturated heterocycles. The summed E-state index contributed by atoms with van der Waals surface area (Å²) in [5.41, 5.74) is 0.360. The average Bonchev–Trinajstić information content (AvgIpc) is 2.92. The maximum Gasteiger partial charge on any atom is 0.495 e. The van der Waals surface area contributed by atoms with Gasteiger partial charge in [0.25, 0.3) is 0 Å². The predicted octanol–water partition coefficient (Wildman–Crippen LogP) is 2.61. The van der Waals surface area contributed by atoms with Gasteiger partial charge in [0.1, 0.15) is 0 Å². The summed E-state index contributed by atoms with van der Waals surface area (Å²) in [4.78, 5) is 3.01. The molecule has 0 radical (unpaired) electrons. The van der Waals surface area contributed by atoms with Crippen LogP contribution in [0.1, 0.15) is 27.7 Å². The van der Waals surface area contributed by atoms with Crippen molar-refractivity contribution in [1.29, 1.82) is 0 Å². The first-order chi connectivity index (χ1) is 9.77. The molecule has 1 N–H and O–H groups in total. The summed E-state index contributed by atoms with van der Waals surface area (Å²) in [7, 11) is 0.848. The molecule has 1 aliphatic heterocycles. The van der Waals surface area contributed by atoms with E-state index in [0.29, 0.717) is 11.0 Å². The van der Waals surface area contributed by atoms with Gasteiger partial charge in [0.05, 0.1) is 23.8 Å². The summed E-state index contributed by atoms with van der Waals surface area (Å²) in [6, 6.07) is 3.30. The molecule has 3 rings (SSSR count). The van der Waals surface area contributed by atoms with Crippen molar-refractivity contribution < 1.29 is 18.4 Å². The van der Waals surface area contributed by atoms with Crippen molar-refractivity contribution in [1.82, 2.24) is 4.98 Å². The van der Waals surface area contributed by atoms with Gasteiger partial charge in [-0.15, -0.1) is 0 Å². The van der Waals surface area contributed by atoms with Crippen molar-refractivity contribution in [3.63, 3.8) is 0 Å². The molecule has 21 heavy (non-hydrogen) atoms. The topological polar surface area (TPSA) is 43.5 Å². The molecule has 0 atom stereocenters. The smallest absolute Gasteiger partial charge is 0.492 e. The predicted molar refractivity (Wildman–Crippen MR) is 80.5 cm³/mol. The second kappa shape index (κ2) is 4.48. The number of fused-ring (bicyclic) bond motifs is 1. The van der Waals surface area contributed by atoms with E-state index >= 15 is 0 Å². The molecule has 0 aliphatic carbocycles. The van der Waals surface area contributed by atoms with Crippen molar-refractivity contribution >= 4 is 23.5 Å². The molecular formula is C15H19BFNO3. The molecule has 1 aliphatic rings. The number of rotatable bonds is 2. The monoisotopic (exact) mass is 291 g/mol. The van der Waals surface area contributed by atoms with Crippen molar-refractivity contribution in [2.45, 2.75) is 38.9 Å². The van der Waals surface area contributed by atoms with E-state index in [4.69, 9.17) is 14.0 Å². The zero-order chi connectivity index (χ0) is 15.4. The third kappa shape index (κ3) is 2.05. The summed E-state index contributed by atoms with van der Waals surface area (Å²) in [5.74, 6) is -0.229. The highest BCUT2D eigenvalue weighted by atomic mass is 19.1. The van der Waals surface area contributed by atoms with Crippen LogP contribution < -0.4 is 10.2 Å². The van der Waals surface area contributed by atoms with Crippen LogP contribution in [0.4, 0.5) is 4.39 Å². The summed E-state index contributed by atoms with van der Waals surface area (Å²) in [6.45, 7) is 7.89. The first-order valence-electron chi connectivity index (χ1n) is 6.96. The Bertz CT molecular complexity index is 680. The van der Waals surface area contributed by atoms with E-state index in [1.165, 1.54) is 13.2 Å². The molecule has 0 saturated carbocycles. The number of nitrogens with one attached hydrogen (secondary N) is 1. The highest BCUT2D eigenvalue weighted by Crippen LogP contribution is 2.37. The van der Waals surface area contributed by atoms with Gasteiger partial charge in [-0.2, -0.15) is 0 Å². The summed E-state index contributed by atoms with van der Waals surface area (Å²) in [5, 5.41) is 0.840. The van der Waals surface area contributed by atoms with Gasteiger partial charge in [0.2, 0.25) is 0 Å². The van der Waals surface area contributed by atoms with E-state index < -0.39 is 24.1 Å². The highest BCUT2D eigenvalue weighted by Gasteiger charge is 2.52. The largest absolute Gasteiger partial charge is 0.495 e. The fourth-order valence-electron chi connectivity index (χ4n) is 2.56. The van der Waals surface area contributed by atoms with E-state index in [1.807, 2.05) is 33.8 Å². The number of hydrogen-bond donors (Lipinski definition) is 1. The molecule has 1 fully saturated rings. The summed E-state index contributed by atoms with van der Waals surface area (Å²) in [6.07, 6.45) is 1.75. The number of H-pyrrole nitrogens is 1. The minimum atomic E-state index is -0.603. The minimum absolute atomic E-state index is 0.204. The van der Waals surface area contributed by atoms with Crippen molar-refractivity contribution in [3.05, 3.63) is 24.1 Å². The molecule has 0 spiro atoms. The number of aromatic nitrogens is 1. The molecule has 2 heterocycles. The molecule has 0 amide bonds. The Morgan fingerprint density at radius 1 is 1.19 bits per heavy atom. The fourth-order valence-corrected chi connectivity index (χ4v) is 2.56. The average molecular weight is 291 g/mol. The van der Waals surface area contributed by atoms with Crippen LogP contribution in [0.25, 0.3) is 10.9 Å². The van der Waals surface area contributed by atoms with Crippen LogP contribution >= 0.6 is 0 Å². The molecule has 1 aromatic carbocycles. The Balaban J connectivity index is 2.13. The van der Waals surface area contributed by atoms with Crippen LogP contribution in [0, 0.1) is 5.82 Å². The number of ether oxygens (including phenoxy) is 1. The van der Waals surface area contributed by atoms with Gasteiger partial charge in [-0.05, 0) is 45.3 Å². The second-order valence-corrected chi connectivity index (χ2v) is 6.34. The molecule has 6 heteroatoms. The molecular weight excluding hydrogens is 272 g/mol. The third-order valence-corrected chi connectivity index (χ3v) is 4.50. The molecule has 4 nitrogen and oxygen atoms in total. The Morgan fingerprint density at radius 3 is 2.38 bits per heavy atom. The number of methoxy groups -OCH3 is 1. The van der Waals surface area contributed by atoms with Gasteiger partial charge in [0.15, 0.2) is 11.6 Å². The van der Waals surface area contributed by atoms with Crippen LogP contribution in [0.2, 0.25) is 0 Å². The zero-order valence-corrected chi connectivity index (χ0v) is 12.9. The standard InChI is InChI=1S/C15H19BFNO3/c1-14(2)15(3,4)21-16(20-14)10-8-11(17)13(19-5)12-9(10)6-7-18-12/h6-8,18H,1-5H3. The Labute approximate surface area is 123 Å². The third-order valence-electron chi connectivity index (χ3n) is 4.50. The molecule has 0 bridgehead atoms. The van der Waals surface area contributed by atoms with Gasteiger partial charge in [0, 0.05) is 11.6 Å². The summed E-state index contributed by atoms with van der Waals surface area (Å²) < 4.78 is 31.4. The lowest BCUT2D eigenvalue weighted by atomic mass is 9.77. The van der Waals surface area contributed by atoms with E-state index in [-0.39, 0.29) is 5.75 Å². The summed E-state index contributed by atoms with van der Waals surface area (Å²) >= 11 is 0. The SMILES string of the molecule is COc1c(F)cc(B2OC(C)(C)C(C)(C)O2)c2cc[nH]c12. The number of benzene rings is 1. The lowest BCUT2D eigenvalue weighted by Gasteiger charge is -2.32. The molecule has 0 unspecified atom stereocenters. The molecule has 2 aromatic rings. The van der Waals surface area contributed by atoms with Crippen LogP contribution in [0.3, 0.4) is 0 Å².